The first-order chi connectivity index (χ1) is 7.34. The van der Waals surface area contributed by atoms with Gasteiger partial charge < -0.3 is 10.2 Å². The van der Waals surface area contributed by atoms with Crippen molar-refractivity contribution in [2.75, 3.05) is 0 Å². The highest BCUT2D eigenvalue weighted by Crippen LogP contribution is 2.20. The van der Waals surface area contributed by atoms with Crippen LogP contribution in [-0.4, -0.2) is 22.3 Å². The highest BCUT2D eigenvalue weighted by atomic mass is 19.2. The number of halogens is 4. The molecule has 0 amide bonds. The van der Waals surface area contributed by atoms with Gasteiger partial charge in [0.05, 0.1) is 0 Å². The van der Waals surface area contributed by atoms with Gasteiger partial charge in [0.25, 0.3) is 0 Å². The van der Waals surface area contributed by atoms with Gasteiger partial charge in [0.15, 0.2) is 29.4 Å². The van der Waals surface area contributed by atoms with Crippen molar-refractivity contribution in [3.8, 4) is 0 Å². The molecule has 1 unspecified atom stereocenters. The van der Waals surface area contributed by atoms with Gasteiger partial charge in [-0.05, 0) is 0 Å². The van der Waals surface area contributed by atoms with E-state index in [9.17, 15) is 22.4 Å². The van der Waals surface area contributed by atoms with E-state index in [1.54, 1.807) is 0 Å². The Morgan fingerprint density at radius 3 is 2.00 bits per heavy atom. The summed E-state index contributed by atoms with van der Waals surface area (Å²) >= 11 is 0. The standard InChI is InChI=1S/C9H6F4O3/c10-4-2-5(11)8(13)3(7(4)12)1-6(14)9(15)16/h2,6,14H,1H2,(H,15,16). The van der Waals surface area contributed by atoms with Gasteiger partial charge in [0.2, 0.25) is 0 Å². The molecule has 0 aliphatic heterocycles. The van der Waals surface area contributed by atoms with Gasteiger partial charge in [-0.25, -0.2) is 22.4 Å². The first-order valence-corrected chi connectivity index (χ1v) is 4.07. The van der Waals surface area contributed by atoms with Crippen molar-refractivity contribution in [3.63, 3.8) is 0 Å². The first-order valence-electron chi connectivity index (χ1n) is 4.07. The van der Waals surface area contributed by atoms with Crippen molar-refractivity contribution in [3.05, 3.63) is 34.9 Å². The minimum absolute atomic E-state index is 0.00130. The van der Waals surface area contributed by atoms with E-state index in [0.717, 1.165) is 0 Å². The fourth-order valence-electron chi connectivity index (χ4n) is 1.08. The SMILES string of the molecule is O=C(O)C(O)Cc1c(F)c(F)cc(F)c1F. The number of aliphatic hydroxyl groups is 1. The fraction of sp³-hybridized carbons (Fsp3) is 0.222. The predicted octanol–water partition coefficient (Wildman–Crippen LogP) is 1.23. The molecule has 1 aromatic carbocycles. The van der Waals surface area contributed by atoms with Crippen LogP contribution in [0.5, 0.6) is 0 Å². The van der Waals surface area contributed by atoms with E-state index in [1.807, 2.05) is 0 Å². The number of aliphatic hydroxyl groups excluding tert-OH is 1. The van der Waals surface area contributed by atoms with Crippen LogP contribution in [0.15, 0.2) is 6.07 Å². The average molecular weight is 238 g/mol. The summed E-state index contributed by atoms with van der Waals surface area (Å²) in [6.07, 6.45) is -3.19. The van der Waals surface area contributed by atoms with Crippen LogP contribution in [0.4, 0.5) is 17.6 Å². The topological polar surface area (TPSA) is 57.5 Å². The van der Waals surface area contributed by atoms with E-state index in [4.69, 9.17) is 10.2 Å². The Morgan fingerprint density at radius 1 is 1.19 bits per heavy atom. The molecular formula is C9H6F4O3. The summed E-state index contributed by atoms with van der Waals surface area (Å²) in [4.78, 5) is 10.2. The number of hydrogen-bond donors (Lipinski definition) is 2. The molecular weight excluding hydrogens is 232 g/mol. The summed E-state index contributed by atoms with van der Waals surface area (Å²) < 4.78 is 51.3. The number of rotatable bonds is 3. The molecule has 0 spiro atoms. The fourth-order valence-corrected chi connectivity index (χ4v) is 1.08. The van der Waals surface area contributed by atoms with Gasteiger partial charge in [-0.3, -0.25) is 0 Å². The van der Waals surface area contributed by atoms with Crippen molar-refractivity contribution in [2.24, 2.45) is 0 Å². The van der Waals surface area contributed by atoms with E-state index in [2.05, 4.69) is 0 Å². The Bertz CT molecular complexity index is 407. The summed E-state index contributed by atoms with van der Waals surface area (Å²) in [5.74, 6) is -8.46. The lowest BCUT2D eigenvalue weighted by molar-refractivity contribution is -0.146. The molecule has 0 bridgehead atoms. The monoisotopic (exact) mass is 238 g/mol. The van der Waals surface area contributed by atoms with E-state index < -0.39 is 47.3 Å². The summed E-state index contributed by atoms with van der Waals surface area (Å²) in [6.45, 7) is 0. The normalized spacial score (nSPS) is 12.6. The van der Waals surface area contributed by atoms with E-state index in [1.165, 1.54) is 0 Å². The van der Waals surface area contributed by atoms with Crippen molar-refractivity contribution in [2.45, 2.75) is 12.5 Å². The largest absolute Gasteiger partial charge is 0.479 e. The van der Waals surface area contributed by atoms with Gasteiger partial charge in [0, 0.05) is 18.1 Å². The highest BCUT2D eigenvalue weighted by molar-refractivity contribution is 5.72. The van der Waals surface area contributed by atoms with Gasteiger partial charge in [-0.2, -0.15) is 0 Å². The van der Waals surface area contributed by atoms with Gasteiger partial charge in [0.1, 0.15) is 0 Å². The number of aliphatic carboxylic acids is 1. The molecule has 7 heteroatoms. The Labute approximate surface area is 86.9 Å². The zero-order valence-electron chi connectivity index (χ0n) is 7.68. The number of carbonyl (C=O) groups is 1. The lowest BCUT2D eigenvalue weighted by Crippen LogP contribution is -2.23. The molecule has 0 aliphatic carbocycles. The number of benzene rings is 1. The van der Waals surface area contributed by atoms with Crippen molar-refractivity contribution in [1.29, 1.82) is 0 Å². The van der Waals surface area contributed by atoms with Crippen LogP contribution in [0.1, 0.15) is 5.56 Å². The maximum absolute atomic E-state index is 13.0. The number of carboxylic acids is 1. The van der Waals surface area contributed by atoms with Crippen LogP contribution in [0.25, 0.3) is 0 Å². The molecule has 0 aromatic heterocycles. The van der Waals surface area contributed by atoms with Gasteiger partial charge >= 0.3 is 5.97 Å². The van der Waals surface area contributed by atoms with E-state index >= 15 is 0 Å². The zero-order chi connectivity index (χ0) is 12.5. The molecule has 0 heterocycles. The molecule has 0 fully saturated rings. The van der Waals surface area contributed by atoms with Gasteiger partial charge in [-0.15, -0.1) is 0 Å². The summed E-state index contributed by atoms with van der Waals surface area (Å²) in [5, 5.41) is 17.1. The molecule has 0 radical (unpaired) electrons. The third kappa shape index (κ3) is 2.30. The second-order valence-electron chi connectivity index (χ2n) is 3.00. The first kappa shape index (κ1) is 12.4. The highest BCUT2D eigenvalue weighted by Gasteiger charge is 2.24. The Kier molecular flexibility index (Phi) is 3.48. The molecule has 0 saturated heterocycles. The van der Waals surface area contributed by atoms with Crippen molar-refractivity contribution >= 4 is 5.97 Å². The van der Waals surface area contributed by atoms with E-state index in [0.29, 0.717) is 0 Å². The molecule has 0 aliphatic rings. The maximum Gasteiger partial charge on any atom is 0.332 e. The average Bonchev–Trinajstić information content (AvgIpc) is 2.21. The minimum Gasteiger partial charge on any atom is -0.479 e. The Morgan fingerprint density at radius 2 is 1.62 bits per heavy atom. The molecule has 1 atom stereocenters. The van der Waals surface area contributed by atoms with E-state index in [-0.39, 0.29) is 6.07 Å². The number of hydrogen-bond acceptors (Lipinski definition) is 2. The van der Waals surface area contributed by atoms with Crippen LogP contribution in [0, 0.1) is 23.3 Å². The molecule has 1 rings (SSSR count). The predicted molar refractivity (Wildman–Crippen MR) is 43.6 cm³/mol. The Hall–Kier alpha value is -1.63. The summed E-state index contributed by atoms with van der Waals surface area (Å²) in [6, 6.07) is 0.00130. The van der Waals surface area contributed by atoms with Crippen molar-refractivity contribution < 1.29 is 32.6 Å². The molecule has 88 valence electrons. The lowest BCUT2D eigenvalue weighted by Gasteiger charge is -2.08. The second-order valence-corrected chi connectivity index (χ2v) is 3.00. The van der Waals surface area contributed by atoms with Crippen LogP contribution in [0.3, 0.4) is 0 Å². The molecule has 1 aromatic rings. The molecule has 16 heavy (non-hydrogen) atoms. The quantitative estimate of drug-likeness (QED) is 0.615. The third-order valence-corrected chi connectivity index (χ3v) is 1.89. The third-order valence-electron chi connectivity index (χ3n) is 1.89. The van der Waals surface area contributed by atoms with Gasteiger partial charge in [-0.1, -0.05) is 0 Å². The molecule has 3 nitrogen and oxygen atoms in total. The smallest absolute Gasteiger partial charge is 0.332 e. The Balaban J connectivity index is 3.17. The summed E-state index contributed by atoms with van der Waals surface area (Å²) in [7, 11) is 0. The number of carboxylic acid groups (broad SMARTS) is 1. The van der Waals surface area contributed by atoms with Crippen LogP contribution in [0.2, 0.25) is 0 Å². The van der Waals surface area contributed by atoms with Crippen LogP contribution < -0.4 is 0 Å². The maximum atomic E-state index is 13.0. The van der Waals surface area contributed by atoms with Crippen LogP contribution in [-0.2, 0) is 11.2 Å². The molecule has 0 saturated carbocycles. The second kappa shape index (κ2) is 4.48. The zero-order valence-corrected chi connectivity index (χ0v) is 7.68. The molecule has 2 N–H and O–H groups in total. The minimum atomic E-state index is -2.13. The lowest BCUT2D eigenvalue weighted by atomic mass is 10.1. The van der Waals surface area contributed by atoms with Crippen molar-refractivity contribution in [1.82, 2.24) is 0 Å². The van der Waals surface area contributed by atoms with Crippen LogP contribution >= 0.6 is 0 Å². The summed E-state index contributed by atoms with van der Waals surface area (Å²) in [5.41, 5.74) is -1.13.